The van der Waals surface area contributed by atoms with E-state index in [0.717, 1.165) is 0 Å². The summed E-state index contributed by atoms with van der Waals surface area (Å²) in [4.78, 5) is 24.9. The van der Waals surface area contributed by atoms with Crippen LogP contribution in [0.1, 0.15) is 36.7 Å². The van der Waals surface area contributed by atoms with Crippen molar-refractivity contribution in [2.24, 2.45) is 0 Å². The standard InChI is InChI=1S/C20H24N2O4S/c1-4-27(25,26)16-11-9-15(10-12-16)13-19(23)22-18-8-6-5-7-17(18)20(24)21-14(2)3/h5-12,14H,4,13H2,1-3H3,(H,21,24)(H,22,23). The van der Waals surface area contributed by atoms with Crippen molar-refractivity contribution in [1.29, 1.82) is 0 Å². The molecule has 0 aliphatic heterocycles. The minimum absolute atomic E-state index is 0.0147. The van der Waals surface area contributed by atoms with Crippen molar-refractivity contribution in [2.45, 2.75) is 38.1 Å². The molecule has 2 amide bonds. The summed E-state index contributed by atoms with van der Waals surface area (Å²) in [7, 11) is -3.26. The predicted octanol–water partition coefficient (Wildman–Crippen LogP) is 2.80. The van der Waals surface area contributed by atoms with Gasteiger partial charge in [0.25, 0.3) is 5.91 Å². The first-order chi connectivity index (χ1) is 12.7. The van der Waals surface area contributed by atoms with Gasteiger partial charge in [-0.1, -0.05) is 31.2 Å². The van der Waals surface area contributed by atoms with E-state index in [4.69, 9.17) is 0 Å². The highest BCUT2D eigenvalue weighted by molar-refractivity contribution is 7.91. The van der Waals surface area contributed by atoms with Gasteiger partial charge in [-0.05, 0) is 43.7 Å². The van der Waals surface area contributed by atoms with Crippen LogP contribution in [0, 0.1) is 0 Å². The fourth-order valence-electron chi connectivity index (χ4n) is 2.49. The molecule has 0 aliphatic carbocycles. The minimum Gasteiger partial charge on any atom is -0.350 e. The van der Waals surface area contributed by atoms with Crippen LogP contribution in [0.2, 0.25) is 0 Å². The van der Waals surface area contributed by atoms with Crippen molar-refractivity contribution in [3.8, 4) is 0 Å². The highest BCUT2D eigenvalue weighted by atomic mass is 32.2. The molecule has 2 N–H and O–H groups in total. The van der Waals surface area contributed by atoms with Crippen molar-refractivity contribution in [3.05, 3.63) is 59.7 Å². The third-order valence-electron chi connectivity index (χ3n) is 3.89. The van der Waals surface area contributed by atoms with Crippen molar-refractivity contribution in [3.63, 3.8) is 0 Å². The van der Waals surface area contributed by atoms with Crippen LogP contribution < -0.4 is 10.6 Å². The van der Waals surface area contributed by atoms with Gasteiger partial charge in [-0.15, -0.1) is 0 Å². The summed E-state index contributed by atoms with van der Waals surface area (Å²) in [5.74, 6) is -0.511. The summed E-state index contributed by atoms with van der Waals surface area (Å²) >= 11 is 0. The molecule has 6 nitrogen and oxygen atoms in total. The van der Waals surface area contributed by atoms with E-state index in [1.165, 1.54) is 12.1 Å². The fraction of sp³-hybridized carbons (Fsp3) is 0.300. The number of amides is 2. The topological polar surface area (TPSA) is 92.3 Å². The summed E-state index contributed by atoms with van der Waals surface area (Å²) in [5, 5.41) is 5.55. The van der Waals surface area contributed by atoms with Crippen molar-refractivity contribution < 1.29 is 18.0 Å². The van der Waals surface area contributed by atoms with Gasteiger partial charge in [-0.25, -0.2) is 8.42 Å². The average molecular weight is 388 g/mol. The van der Waals surface area contributed by atoms with E-state index >= 15 is 0 Å². The average Bonchev–Trinajstić information content (AvgIpc) is 2.62. The second-order valence-electron chi connectivity index (χ2n) is 6.45. The Morgan fingerprint density at radius 1 is 1.00 bits per heavy atom. The molecule has 0 heterocycles. The first kappa shape index (κ1) is 20.6. The zero-order chi connectivity index (χ0) is 20.0. The molecule has 0 saturated carbocycles. The lowest BCUT2D eigenvalue weighted by atomic mass is 10.1. The van der Waals surface area contributed by atoms with E-state index < -0.39 is 9.84 Å². The molecule has 144 valence electrons. The van der Waals surface area contributed by atoms with Gasteiger partial charge in [-0.2, -0.15) is 0 Å². The van der Waals surface area contributed by atoms with E-state index in [0.29, 0.717) is 16.8 Å². The molecule has 0 fully saturated rings. The molecular formula is C20H24N2O4S. The Labute approximate surface area is 159 Å². The van der Waals surface area contributed by atoms with Gasteiger partial charge in [0, 0.05) is 6.04 Å². The van der Waals surface area contributed by atoms with Crippen molar-refractivity contribution in [1.82, 2.24) is 5.32 Å². The van der Waals surface area contributed by atoms with E-state index in [1.807, 2.05) is 13.8 Å². The Balaban J connectivity index is 2.09. The summed E-state index contributed by atoms with van der Waals surface area (Å²) < 4.78 is 23.7. The molecule has 0 radical (unpaired) electrons. The number of carbonyl (C=O) groups is 2. The van der Waals surface area contributed by atoms with E-state index in [-0.39, 0.29) is 34.9 Å². The lowest BCUT2D eigenvalue weighted by molar-refractivity contribution is -0.115. The normalized spacial score (nSPS) is 11.3. The second kappa shape index (κ2) is 8.81. The largest absolute Gasteiger partial charge is 0.350 e. The Kier molecular flexibility index (Phi) is 6.74. The minimum atomic E-state index is -3.26. The molecule has 2 rings (SSSR count). The van der Waals surface area contributed by atoms with Gasteiger partial charge >= 0.3 is 0 Å². The SMILES string of the molecule is CCS(=O)(=O)c1ccc(CC(=O)Nc2ccccc2C(=O)NC(C)C)cc1. The lowest BCUT2D eigenvalue weighted by Gasteiger charge is -2.13. The number of hydrogen-bond acceptors (Lipinski definition) is 4. The van der Waals surface area contributed by atoms with Crippen LogP contribution in [-0.2, 0) is 21.1 Å². The molecule has 0 atom stereocenters. The van der Waals surface area contributed by atoms with Crippen LogP contribution in [0.4, 0.5) is 5.69 Å². The van der Waals surface area contributed by atoms with Crippen molar-refractivity contribution >= 4 is 27.3 Å². The first-order valence-electron chi connectivity index (χ1n) is 8.74. The third kappa shape index (κ3) is 5.65. The monoisotopic (exact) mass is 388 g/mol. The summed E-state index contributed by atoms with van der Waals surface area (Å²) in [5.41, 5.74) is 1.52. The van der Waals surface area contributed by atoms with Crippen LogP contribution in [0.25, 0.3) is 0 Å². The molecule has 27 heavy (non-hydrogen) atoms. The highest BCUT2D eigenvalue weighted by Crippen LogP contribution is 2.17. The maximum absolute atomic E-state index is 12.4. The summed E-state index contributed by atoms with van der Waals surface area (Å²) in [6.45, 7) is 5.31. The van der Waals surface area contributed by atoms with Gasteiger partial charge < -0.3 is 10.6 Å². The molecule has 2 aromatic carbocycles. The fourth-order valence-corrected chi connectivity index (χ4v) is 3.38. The van der Waals surface area contributed by atoms with Gasteiger partial charge in [0.05, 0.1) is 28.3 Å². The third-order valence-corrected chi connectivity index (χ3v) is 5.64. The number of anilines is 1. The van der Waals surface area contributed by atoms with Gasteiger partial charge in [0.2, 0.25) is 5.91 Å². The predicted molar refractivity (Wildman–Crippen MR) is 106 cm³/mol. The molecule has 0 spiro atoms. The molecule has 0 bridgehead atoms. The van der Waals surface area contributed by atoms with E-state index in [9.17, 15) is 18.0 Å². The van der Waals surface area contributed by atoms with Crippen LogP contribution in [0.15, 0.2) is 53.4 Å². The maximum atomic E-state index is 12.4. The number of nitrogens with one attached hydrogen (secondary N) is 2. The van der Waals surface area contributed by atoms with Gasteiger partial charge in [0.1, 0.15) is 0 Å². The highest BCUT2D eigenvalue weighted by Gasteiger charge is 2.15. The first-order valence-corrected chi connectivity index (χ1v) is 10.4. The van der Waals surface area contributed by atoms with Gasteiger partial charge in [0.15, 0.2) is 9.84 Å². The lowest BCUT2D eigenvalue weighted by Crippen LogP contribution is -2.31. The number of hydrogen-bond donors (Lipinski definition) is 2. The molecule has 7 heteroatoms. The number of sulfone groups is 1. The molecule has 0 aromatic heterocycles. The Morgan fingerprint density at radius 3 is 2.22 bits per heavy atom. The number of para-hydroxylation sites is 1. The number of carbonyl (C=O) groups excluding carboxylic acids is 2. The summed E-state index contributed by atoms with van der Waals surface area (Å²) in [6.07, 6.45) is 0.0760. The maximum Gasteiger partial charge on any atom is 0.253 e. The van der Waals surface area contributed by atoms with Crippen molar-refractivity contribution in [2.75, 3.05) is 11.1 Å². The van der Waals surface area contributed by atoms with E-state index in [2.05, 4.69) is 10.6 Å². The molecular weight excluding hydrogens is 364 g/mol. The second-order valence-corrected chi connectivity index (χ2v) is 8.72. The van der Waals surface area contributed by atoms with Crippen LogP contribution >= 0.6 is 0 Å². The summed E-state index contributed by atoms with van der Waals surface area (Å²) in [6, 6.07) is 13.0. The van der Waals surface area contributed by atoms with Crippen LogP contribution in [-0.4, -0.2) is 32.0 Å². The smallest absolute Gasteiger partial charge is 0.253 e. The number of benzene rings is 2. The Hall–Kier alpha value is -2.67. The molecule has 0 unspecified atom stereocenters. The molecule has 0 saturated heterocycles. The Bertz CT molecular complexity index is 919. The zero-order valence-electron chi connectivity index (χ0n) is 15.7. The zero-order valence-corrected chi connectivity index (χ0v) is 16.5. The van der Waals surface area contributed by atoms with Crippen LogP contribution in [0.5, 0.6) is 0 Å². The van der Waals surface area contributed by atoms with Gasteiger partial charge in [-0.3, -0.25) is 9.59 Å². The van der Waals surface area contributed by atoms with Crippen LogP contribution in [0.3, 0.4) is 0 Å². The number of rotatable bonds is 7. The van der Waals surface area contributed by atoms with E-state index in [1.54, 1.807) is 43.3 Å². The molecule has 2 aromatic rings. The molecule has 0 aliphatic rings. The quantitative estimate of drug-likeness (QED) is 0.763. The Morgan fingerprint density at radius 2 is 1.63 bits per heavy atom.